The zero-order chi connectivity index (χ0) is 12.5. The SMILES string of the molecule is Fc1nc2ccccc2cc1-c1ccnc(Cl)n1. The maximum Gasteiger partial charge on any atom is 0.222 e. The lowest BCUT2D eigenvalue weighted by atomic mass is 10.1. The highest BCUT2D eigenvalue weighted by molar-refractivity contribution is 6.28. The fourth-order valence-corrected chi connectivity index (χ4v) is 1.90. The summed E-state index contributed by atoms with van der Waals surface area (Å²) in [5, 5.41) is 0.934. The van der Waals surface area contributed by atoms with Crippen LogP contribution in [0.1, 0.15) is 0 Å². The van der Waals surface area contributed by atoms with Gasteiger partial charge in [-0.1, -0.05) is 18.2 Å². The second-order valence-corrected chi connectivity index (χ2v) is 4.07. The second kappa shape index (κ2) is 4.31. The Balaban J connectivity index is 2.26. The van der Waals surface area contributed by atoms with E-state index in [-0.39, 0.29) is 5.28 Å². The molecule has 3 aromatic rings. The minimum absolute atomic E-state index is 0.0834. The average Bonchev–Trinajstić information content (AvgIpc) is 2.38. The molecule has 88 valence electrons. The first-order chi connectivity index (χ1) is 8.74. The maximum atomic E-state index is 13.9. The van der Waals surface area contributed by atoms with Crippen LogP contribution in [0.3, 0.4) is 0 Å². The number of fused-ring (bicyclic) bond motifs is 1. The molecule has 0 aliphatic rings. The molecule has 0 N–H and O–H groups in total. The van der Waals surface area contributed by atoms with Crippen molar-refractivity contribution < 1.29 is 4.39 Å². The largest absolute Gasteiger partial charge is 0.226 e. The molecule has 0 radical (unpaired) electrons. The van der Waals surface area contributed by atoms with Gasteiger partial charge in [-0.15, -0.1) is 0 Å². The minimum Gasteiger partial charge on any atom is -0.226 e. The molecule has 1 aromatic carbocycles. The monoisotopic (exact) mass is 259 g/mol. The van der Waals surface area contributed by atoms with Crippen LogP contribution in [0.5, 0.6) is 0 Å². The molecule has 2 heterocycles. The van der Waals surface area contributed by atoms with E-state index in [1.165, 1.54) is 6.20 Å². The predicted octanol–water partition coefficient (Wildman–Crippen LogP) is 3.48. The molecule has 5 heteroatoms. The molecule has 0 spiro atoms. The number of aromatic nitrogens is 3. The van der Waals surface area contributed by atoms with Gasteiger partial charge in [0.25, 0.3) is 0 Å². The van der Waals surface area contributed by atoms with Crippen molar-refractivity contribution in [2.75, 3.05) is 0 Å². The smallest absolute Gasteiger partial charge is 0.222 e. The van der Waals surface area contributed by atoms with Gasteiger partial charge in [0.05, 0.1) is 16.8 Å². The van der Waals surface area contributed by atoms with Crippen LogP contribution < -0.4 is 0 Å². The lowest BCUT2D eigenvalue weighted by Gasteiger charge is -2.04. The predicted molar refractivity (Wildman–Crippen MR) is 67.7 cm³/mol. The Morgan fingerprint density at radius 1 is 1.06 bits per heavy atom. The summed E-state index contributed by atoms with van der Waals surface area (Å²) in [4.78, 5) is 11.7. The molecule has 0 unspecified atom stereocenters. The molecule has 0 saturated carbocycles. The Bertz CT molecular complexity index is 730. The summed E-state index contributed by atoms with van der Waals surface area (Å²) < 4.78 is 13.9. The van der Waals surface area contributed by atoms with Crippen molar-refractivity contribution in [1.29, 1.82) is 0 Å². The zero-order valence-electron chi connectivity index (χ0n) is 9.14. The van der Waals surface area contributed by atoms with Crippen LogP contribution in [0.4, 0.5) is 4.39 Å². The quantitative estimate of drug-likeness (QED) is 0.496. The number of hydrogen-bond donors (Lipinski definition) is 0. The molecule has 2 aromatic heterocycles. The van der Waals surface area contributed by atoms with Crippen LogP contribution >= 0.6 is 11.6 Å². The first-order valence-electron chi connectivity index (χ1n) is 5.28. The van der Waals surface area contributed by atoms with Gasteiger partial charge in [-0.3, -0.25) is 0 Å². The molecule has 3 nitrogen and oxygen atoms in total. The summed E-state index contributed by atoms with van der Waals surface area (Å²) in [6.45, 7) is 0. The van der Waals surface area contributed by atoms with Crippen molar-refractivity contribution in [3.63, 3.8) is 0 Å². The number of nitrogens with zero attached hydrogens (tertiary/aromatic N) is 3. The molecule has 0 atom stereocenters. The molecule has 0 fully saturated rings. The van der Waals surface area contributed by atoms with E-state index in [2.05, 4.69) is 15.0 Å². The van der Waals surface area contributed by atoms with E-state index in [1.54, 1.807) is 18.2 Å². The second-order valence-electron chi connectivity index (χ2n) is 3.73. The van der Waals surface area contributed by atoms with E-state index in [0.29, 0.717) is 16.8 Å². The summed E-state index contributed by atoms with van der Waals surface area (Å²) in [5.74, 6) is -0.566. The summed E-state index contributed by atoms with van der Waals surface area (Å²) in [6, 6.07) is 10.6. The van der Waals surface area contributed by atoms with Gasteiger partial charge in [0.2, 0.25) is 11.2 Å². The van der Waals surface area contributed by atoms with Gasteiger partial charge in [0.15, 0.2) is 0 Å². The number of pyridine rings is 1. The number of halogens is 2. The summed E-state index contributed by atoms with van der Waals surface area (Å²) in [6.07, 6.45) is 1.49. The van der Waals surface area contributed by atoms with E-state index in [4.69, 9.17) is 11.6 Å². The third kappa shape index (κ3) is 1.91. The van der Waals surface area contributed by atoms with Crippen LogP contribution in [-0.2, 0) is 0 Å². The van der Waals surface area contributed by atoms with E-state index in [1.807, 2.05) is 18.2 Å². The lowest BCUT2D eigenvalue weighted by molar-refractivity contribution is 0.592. The van der Waals surface area contributed by atoms with E-state index in [0.717, 1.165) is 5.39 Å². The molecule has 0 aliphatic heterocycles. The van der Waals surface area contributed by atoms with Crippen LogP contribution in [0, 0.1) is 5.95 Å². The normalized spacial score (nSPS) is 10.8. The molecule has 3 rings (SSSR count). The first-order valence-corrected chi connectivity index (χ1v) is 5.66. The van der Waals surface area contributed by atoms with Crippen LogP contribution in [0.25, 0.3) is 22.2 Å². The molecular weight excluding hydrogens is 253 g/mol. The Morgan fingerprint density at radius 2 is 1.89 bits per heavy atom. The molecule has 0 amide bonds. The van der Waals surface area contributed by atoms with Crippen molar-refractivity contribution in [3.8, 4) is 11.3 Å². The van der Waals surface area contributed by atoms with Crippen molar-refractivity contribution in [3.05, 3.63) is 53.8 Å². The Kier molecular flexibility index (Phi) is 2.64. The molecular formula is C13H7ClFN3. The number of rotatable bonds is 1. The van der Waals surface area contributed by atoms with Gasteiger partial charge in [0, 0.05) is 11.6 Å². The Morgan fingerprint density at radius 3 is 2.72 bits per heavy atom. The summed E-state index contributed by atoms with van der Waals surface area (Å²) in [5.41, 5.74) is 1.35. The topological polar surface area (TPSA) is 38.7 Å². The number of para-hydroxylation sites is 1. The molecule has 18 heavy (non-hydrogen) atoms. The van der Waals surface area contributed by atoms with Crippen molar-refractivity contribution in [2.24, 2.45) is 0 Å². The first kappa shape index (κ1) is 11.0. The van der Waals surface area contributed by atoms with Gasteiger partial charge in [-0.2, -0.15) is 4.39 Å². The van der Waals surface area contributed by atoms with Gasteiger partial charge in [-0.25, -0.2) is 15.0 Å². The minimum atomic E-state index is -0.566. The highest BCUT2D eigenvalue weighted by atomic mass is 35.5. The van der Waals surface area contributed by atoms with E-state index >= 15 is 0 Å². The fourth-order valence-electron chi connectivity index (χ4n) is 1.76. The summed E-state index contributed by atoms with van der Waals surface area (Å²) in [7, 11) is 0. The van der Waals surface area contributed by atoms with Gasteiger partial charge in [0.1, 0.15) is 0 Å². The van der Waals surface area contributed by atoms with Crippen LogP contribution in [-0.4, -0.2) is 15.0 Å². The lowest BCUT2D eigenvalue weighted by Crippen LogP contribution is -1.93. The van der Waals surface area contributed by atoms with Crippen LogP contribution in [0.15, 0.2) is 42.6 Å². The standard InChI is InChI=1S/C13H7ClFN3/c14-13-16-6-5-11(18-13)9-7-8-3-1-2-4-10(8)17-12(9)15/h1-7H. The van der Waals surface area contributed by atoms with Gasteiger partial charge < -0.3 is 0 Å². The Hall–Kier alpha value is -2.07. The molecule has 0 saturated heterocycles. The van der Waals surface area contributed by atoms with E-state index < -0.39 is 5.95 Å². The van der Waals surface area contributed by atoms with Gasteiger partial charge >= 0.3 is 0 Å². The van der Waals surface area contributed by atoms with Gasteiger partial charge in [-0.05, 0) is 29.8 Å². The van der Waals surface area contributed by atoms with Crippen molar-refractivity contribution >= 4 is 22.5 Å². The average molecular weight is 260 g/mol. The number of benzene rings is 1. The Labute approximate surface area is 107 Å². The fraction of sp³-hybridized carbons (Fsp3) is 0. The third-order valence-corrected chi connectivity index (χ3v) is 2.76. The third-order valence-electron chi connectivity index (χ3n) is 2.58. The highest BCUT2D eigenvalue weighted by Gasteiger charge is 2.10. The molecule has 0 bridgehead atoms. The maximum absolute atomic E-state index is 13.9. The van der Waals surface area contributed by atoms with E-state index in [9.17, 15) is 4.39 Å². The highest BCUT2D eigenvalue weighted by Crippen LogP contribution is 2.24. The zero-order valence-corrected chi connectivity index (χ0v) is 9.89. The van der Waals surface area contributed by atoms with Crippen molar-refractivity contribution in [1.82, 2.24) is 15.0 Å². The van der Waals surface area contributed by atoms with Crippen molar-refractivity contribution in [2.45, 2.75) is 0 Å². The van der Waals surface area contributed by atoms with Crippen LogP contribution in [0.2, 0.25) is 5.28 Å². The number of hydrogen-bond acceptors (Lipinski definition) is 3. The molecule has 0 aliphatic carbocycles. The summed E-state index contributed by atoms with van der Waals surface area (Å²) >= 11 is 5.70.